The summed E-state index contributed by atoms with van der Waals surface area (Å²) in [6.45, 7) is 8.48. The van der Waals surface area contributed by atoms with Gasteiger partial charge in [-0.3, -0.25) is 4.98 Å². The number of nitrogens with zero attached hydrogens (tertiary/aromatic N) is 2. The molecule has 0 amide bonds. The van der Waals surface area contributed by atoms with E-state index in [-0.39, 0.29) is 0 Å². The van der Waals surface area contributed by atoms with Crippen LogP contribution in [0.3, 0.4) is 0 Å². The van der Waals surface area contributed by atoms with Gasteiger partial charge in [-0.2, -0.15) is 5.26 Å². The first-order valence-electron chi connectivity index (χ1n) is 5.98. The molecule has 0 radical (unpaired) electrons. The Balaban J connectivity index is 2.67. The maximum atomic E-state index is 8.81. The van der Waals surface area contributed by atoms with Crippen LogP contribution in [0.4, 0.5) is 0 Å². The molecule has 0 saturated carbocycles. The van der Waals surface area contributed by atoms with E-state index in [0.717, 1.165) is 5.69 Å². The van der Waals surface area contributed by atoms with E-state index in [1.165, 1.54) is 27.8 Å². The van der Waals surface area contributed by atoms with Crippen LogP contribution in [0.25, 0.3) is 11.3 Å². The molecule has 1 heterocycles. The molecule has 90 valence electrons. The maximum absolute atomic E-state index is 8.81. The third kappa shape index (κ3) is 2.00. The van der Waals surface area contributed by atoms with Gasteiger partial charge in [0.15, 0.2) is 0 Å². The molecule has 0 saturated heterocycles. The van der Waals surface area contributed by atoms with Gasteiger partial charge in [-0.25, -0.2) is 0 Å². The minimum absolute atomic E-state index is 0.596. The first-order chi connectivity index (χ1) is 8.54. The number of aromatic nitrogens is 1. The van der Waals surface area contributed by atoms with Crippen LogP contribution in [0.5, 0.6) is 0 Å². The zero-order valence-corrected chi connectivity index (χ0v) is 11.2. The number of benzene rings is 1. The molecular weight excluding hydrogens is 220 g/mol. The number of nitriles is 1. The lowest BCUT2D eigenvalue weighted by Crippen LogP contribution is -1.96. The van der Waals surface area contributed by atoms with Crippen LogP contribution in [0.1, 0.15) is 27.8 Å². The Hall–Kier alpha value is -2.14. The third-order valence-electron chi connectivity index (χ3n) is 3.51. The molecule has 2 heteroatoms. The molecule has 0 aliphatic carbocycles. The molecular formula is C16H16N2. The Labute approximate surface area is 108 Å². The van der Waals surface area contributed by atoms with Crippen LogP contribution in [-0.4, -0.2) is 4.98 Å². The lowest BCUT2D eigenvalue weighted by molar-refractivity contribution is 1.21. The summed E-state index contributed by atoms with van der Waals surface area (Å²) in [7, 11) is 0. The van der Waals surface area contributed by atoms with Gasteiger partial charge in [0.05, 0.1) is 11.3 Å². The SMILES string of the molecule is Cc1cc(C)c(C)c(-c2ccc(C#N)cn2)c1C. The third-order valence-corrected chi connectivity index (χ3v) is 3.51. The van der Waals surface area contributed by atoms with Crippen molar-refractivity contribution in [3.8, 4) is 17.3 Å². The first kappa shape index (κ1) is 12.3. The molecule has 0 N–H and O–H groups in total. The predicted octanol–water partition coefficient (Wildman–Crippen LogP) is 3.85. The zero-order chi connectivity index (χ0) is 13.3. The van der Waals surface area contributed by atoms with Crippen LogP contribution >= 0.6 is 0 Å². The largest absolute Gasteiger partial charge is 0.255 e. The second kappa shape index (κ2) is 4.62. The molecule has 0 atom stereocenters. The lowest BCUT2D eigenvalue weighted by atomic mass is 9.92. The number of rotatable bonds is 1. The number of hydrogen-bond acceptors (Lipinski definition) is 2. The van der Waals surface area contributed by atoms with Crippen LogP contribution in [0, 0.1) is 39.0 Å². The van der Waals surface area contributed by atoms with Gasteiger partial charge in [-0.05, 0) is 62.1 Å². The molecule has 1 aromatic heterocycles. The van der Waals surface area contributed by atoms with Crippen LogP contribution < -0.4 is 0 Å². The van der Waals surface area contributed by atoms with Crippen molar-refractivity contribution < 1.29 is 0 Å². The smallest absolute Gasteiger partial charge is 0.101 e. The van der Waals surface area contributed by atoms with Gasteiger partial charge in [0.1, 0.15) is 6.07 Å². The summed E-state index contributed by atoms with van der Waals surface area (Å²) in [5.74, 6) is 0. The summed E-state index contributed by atoms with van der Waals surface area (Å²) in [6, 6.07) is 8.04. The van der Waals surface area contributed by atoms with Crippen LogP contribution in [0.15, 0.2) is 24.4 Å². The van der Waals surface area contributed by atoms with Gasteiger partial charge >= 0.3 is 0 Å². The standard InChI is InChI=1S/C16H16N2/c1-10-7-11(2)13(4)16(12(10)3)15-6-5-14(8-17)9-18-15/h5-7,9H,1-4H3. The number of pyridine rings is 1. The van der Waals surface area contributed by atoms with Crippen molar-refractivity contribution in [1.29, 1.82) is 5.26 Å². The van der Waals surface area contributed by atoms with E-state index in [1.54, 1.807) is 6.20 Å². The van der Waals surface area contributed by atoms with Crippen molar-refractivity contribution in [2.24, 2.45) is 0 Å². The molecule has 0 spiro atoms. The van der Waals surface area contributed by atoms with E-state index >= 15 is 0 Å². The summed E-state index contributed by atoms with van der Waals surface area (Å²) < 4.78 is 0. The monoisotopic (exact) mass is 236 g/mol. The molecule has 0 aliphatic heterocycles. The van der Waals surface area contributed by atoms with Gasteiger partial charge in [-0.15, -0.1) is 0 Å². The van der Waals surface area contributed by atoms with Crippen molar-refractivity contribution >= 4 is 0 Å². The minimum atomic E-state index is 0.596. The molecule has 2 nitrogen and oxygen atoms in total. The molecule has 18 heavy (non-hydrogen) atoms. The highest BCUT2D eigenvalue weighted by Crippen LogP contribution is 2.30. The summed E-state index contributed by atoms with van der Waals surface area (Å²) in [4.78, 5) is 4.40. The summed E-state index contributed by atoms with van der Waals surface area (Å²) in [5.41, 5.74) is 7.80. The normalized spacial score (nSPS) is 10.2. The fourth-order valence-electron chi connectivity index (χ4n) is 2.21. The highest BCUT2D eigenvalue weighted by molar-refractivity contribution is 5.70. The number of hydrogen-bond donors (Lipinski definition) is 0. The summed E-state index contributed by atoms with van der Waals surface area (Å²) in [5, 5.41) is 8.81. The second-order valence-electron chi connectivity index (χ2n) is 4.68. The Kier molecular flexibility index (Phi) is 3.16. The molecule has 1 aromatic carbocycles. The Bertz CT molecular complexity index is 605. The van der Waals surface area contributed by atoms with Gasteiger partial charge in [-0.1, -0.05) is 6.07 Å². The maximum Gasteiger partial charge on any atom is 0.101 e. The van der Waals surface area contributed by atoms with Crippen molar-refractivity contribution in [2.75, 3.05) is 0 Å². The van der Waals surface area contributed by atoms with Crippen LogP contribution in [-0.2, 0) is 0 Å². The van der Waals surface area contributed by atoms with E-state index in [4.69, 9.17) is 5.26 Å². The zero-order valence-electron chi connectivity index (χ0n) is 11.2. The average molecular weight is 236 g/mol. The van der Waals surface area contributed by atoms with Gasteiger partial charge in [0.25, 0.3) is 0 Å². The fourth-order valence-corrected chi connectivity index (χ4v) is 2.21. The minimum Gasteiger partial charge on any atom is -0.255 e. The fraction of sp³-hybridized carbons (Fsp3) is 0.250. The van der Waals surface area contributed by atoms with Gasteiger partial charge in [0, 0.05) is 11.8 Å². The number of aryl methyl sites for hydroxylation is 2. The van der Waals surface area contributed by atoms with Gasteiger partial charge in [0.2, 0.25) is 0 Å². The van der Waals surface area contributed by atoms with Crippen molar-refractivity contribution in [3.63, 3.8) is 0 Å². The quantitative estimate of drug-likeness (QED) is 0.754. The molecule has 0 aliphatic rings. The predicted molar refractivity (Wildman–Crippen MR) is 73.3 cm³/mol. The summed E-state index contributed by atoms with van der Waals surface area (Å²) in [6.07, 6.45) is 1.63. The highest BCUT2D eigenvalue weighted by Gasteiger charge is 2.11. The Morgan fingerprint density at radius 3 is 2.06 bits per heavy atom. The molecule has 0 bridgehead atoms. The highest BCUT2D eigenvalue weighted by atomic mass is 14.7. The molecule has 2 rings (SSSR count). The summed E-state index contributed by atoms with van der Waals surface area (Å²) >= 11 is 0. The van der Waals surface area contributed by atoms with Crippen molar-refractivity contribution in [2.45, 2.75) is 27.7 Å². The first-order valence-corrected chi connectivity index (χ1v) is 5.98. The Morgan fingerprint density at radius 2 is 1.61 bits per heavy atom. The Morgan fingerprint density at radius 1 is 1.00 bits per heavy atom. The topological polar surface area (TPSA) is 36.7 Å². The molecule has 0 fully saturated rings. The van der Waals surface area contributed by atoms with Crippen molar-refractivity contribution in [1.82, 2.24) is 4.98 Å². The molecule has 0 unspecified atom stereocenters. The lowest BCUT2D eigenvalue weighted by Gasteiger charge is -2.14. The van der Waals surface area contributed by atoms with E-state index < -0.39 is 0 Å². The van der Waals surface area contributed by atoms with Gasteiger partial charge < -0.3 is 0 Å². The van der Waals surface area contributed by atoms with Crippen LogP contribution in [0.2, 0.25) is 0 Å². The van der Waals surface area contributed by atoms with Crippen molar-refractivity contribution in [3.05, 3.63) is 52.2 Å². The van der Waals surface area contributed by atoms with E-state index in [1.807, 2.05) is 12.1 Å². The molecule has 2 aromatic rings. The van der Waals surface area contributed by atoms with E-state index in [0.29, 0.717) is 5.56 Å². The second-order valence-corrected chi connectivity index (χ2v) is 4.68. The average Bonchev–Trinajstić information content (AvgIpc) is 2.37. The van der Waals surface area contributed by atoms with E-state index in [9.17, 15) is 0 Å². The van der Waals surface area contributed by atoms with E-state index in [2.05, 4.69) is 44.8 Å².